The van der Waals surface area contributed by atoms with E-state index < -0.39 is 17.6 Å². The van der Waals surface area contributed by atoms with Crippen molar-refractivity contribution in [3.63, 3.8) is 0 Å². The summed E-state index contributed by atoms with van der Waals surface area (Å²) in [4.78, 5) is 15.0. The van der Waals surface area contributed by atoms with Gasteiger partial charge in [-0.1, -0.05) is 0 Å². The minimum atomic E-state index is -1.14. The van der Waals surface area contributed by atoms with Crippen LogP contribution in [0.3, 0.4) is 0 Å². The van der Waals surface area contributed by atoms with Crippen LogP contribution in [0.1, 0.15) is 15.9 Å². The minimum Gasteiger partial charge on any atom is -0.465 e. The van der Waals surface area contributed by atoms with Crippen LogP contribution in [0, 0.1) is 11.6 Å². The lowest BCUT2D eigenvalue weighted by molar-refractivity contribution is 0.0599. The first-order chi connectivity index (χ1) is 7.54. The normalized spacial score (nSPS) is 13.3. The summed E-state index contributed by atoms with van der Waals surface area (Å²) in [5.41, 5.74) is 5.44. The van der Waals surface area contributed by atoms with Crippen molar-refractivity contribution in [2.75, 3.05) is 7.11 Å². The van der Waals surface area contributed by atoms with Crippen LogP contribution in [0.2, 0.25) is 0 Å². The molecule has 0 saturated carbocycles. The van der Waals surface area contributed by atoms with Gasteiger partial charge in [0.25, 0.3) is 0 Å². The maximum Gasteiger partial charge on any atom is 0.338 e. The number of nitrogens with zero attached hydrogens (tertiary/aromatic N) is 1. The van der Waals surface area contributed by atoms with Crippen molar-refractivity contribution in [1.82, 2.24) is 0 Å². The molecule has 84 valence electrons. The molecule has 0 saturated heterocycles. The molecule has 1 aromatic carbocycles. The van der Waals surface area contributed by atoms with Crippen LogP contribution in [0.5, 0.6) is 0 Å². The maximum absolute atomic E-state index is 13.3. The van der Waals surface area contributed by atoms with Crippen molar-refractivity contribution >= 4 is 17.5 Å². The molecule has 1 aliphatic rings. The molecule has 0 aliphatic carbocycles. The largest absolute Gasteiger partial charge is 0.465 e. The molecule has 4 nitrogen and oxygen atoms in total. The lowest BCUT2D eigenvalue weighted by Gasteiger charge is -2.06. The van der Waals surface area contributed by atoms with Crippen LogP contribution in [-0.2, 0) is 11.2 Å². The molecule has 0 bridgehead atoms. The van der Waals surface area contributed by atoms with Crippen LogP contribution in [0.25, 0.3) is 0 Å². The van der Waals surface area contributed by atoms with Crippen molar-refractivity contribution < 1.29 is 18.3 Å². The number of hydrogen-bond donors (Lipinski definition) is 1. The number of fused-ring (bicyclic) bond motifs is 1. The lowest BCUT2D eigenvalue weighted by Crippen LogP contribution is -2.13. The Morgan fingerprint density at radius 2 is 2.25 bits per heavy atom. The highest BCUT2D eigenvalue weighted by molar-refractivity contribution is 5.99. The Bertz CT molecular complexity index is 512. The number of carbonyl (C=O) groups is 1. The Hall–Kier alpha value is -1.98. The van der Waals surface area contributed by atoms with Gasteiger partial charge in [-0.05, 0) is 6.07 Å². The summed E-state index contributed by atoms with van der Waals surface area (Å²) in [6, 6.07) is 0.800. The molecule has 1 aliphatic heterocycles. The standard InChI is InChI=1S/C10H8F2N2O2/c1-16-10(15)5-2-6(11)8(12)9-4(5)3-7(13)14-9/h2H,3H2,1H3,(H2,13,14). The third-order valence-electron chi connectivity index (χ3n) is 2.32. The van der Waals surface area contributed by atoms with E-state index in [1.54, 1.807) is 0 Å². The van der Waals surface area contributed by atoms with E-state index in [9.17, 15) is 13.6 Å². The number of methoxy groups -OCH3 is 1. The van der Waals surface area contributed by atoms with Gasteiger partial charge in [0.1, 0.15) is 11.5 Å². The molecular weight excluding hydrogens is 218 g/mol. The first-order valence-electron chi connectivity index (χ1n) is 4.46. The Balaban J connectivity index is 2.66. The highest BCUT2D eigenvalue weighted by Gasteiger charge is 2.26. The van der Waals surface area contributed by atoms with Gasteiger partial charge < -0.3 is 10.5 Å². The van der Waals surface area contributed by atoms with Crippen LogP contribution >= 0.6 is 0 Å². The number of amidine groups is 1. The van der Waals surface area contributed by atoms with Gasteiger partial charge in [-0.3, -0.25) is 0 Å². The Morgan fingerprint density at radius 3 is 2.88 bits per heavy atom. The van der Waals surface area contributed by atoms with E-state index in [1.165, 1.54) is 0 Å². The van der Waals surface area contributed by atoms with Gasteiger partial charge in [-0.15, -0.1) is 0 Å². The van der Waals surface area contributed by atoms with E-state index in [1.807, 2.05) is 0 Å². The van der Waals surface area contributed by atoms with Crippen LogP contribution in [0.15, 0.2) is 11.1 Å². The summed E-state index contributed by atoms with van der Waals surface area (Å²) in [6.07, 6.45) is 0.122. The quantitative estimate of drug-likeness (QED) is 0.734. The van der Waals surface area contributed by atoms with Crippen molar-refractivity contribution in [1.29, 1.82) is 0 Å². The van der Waals surface area contributed by atoms with Gasteiger partial charge in [0.05, 0.1) is 12.7 Å². The van der Waals surface area contributed by atoms with Crippen molar-refractivity contribution in [3.05, 3.63) is 28.8 Å². The predicted molar refractivity (Wildman–Crippen MR) is 52.7 cm³/mol. The number of nitrogens with two attached hydrogens (primary N) is 1. The van der Waals surface area contributed by atoms with Gasteiger partial charge in [-0.2, -0.15) is 0 Å². The summed E-state index contributed by atoms with van der Waals surface area (Å²) < 4.78 is 31.0. The second kappa shape index (κ2) is 3.55. The van der Waals surface area contributed by atoms with Gasteiger partial charge in [0.15, 0.2) is 11.6 Å². The highest BCUT2D eigenvalue weighted by Crippen LogP contribution is 2.33. The minimum absolute atomic E-state index is 0.0411. The number of carbonyl (C=O) groups excluding carboxylic acids is 1. The van der Waals surface area contributed by atoms with Crippen LogP contribution in [-0.4, -0.2) is 18.9 Å². The molecule has 0 aromatic heterocycles. The Morgan fingerprint density at radius 1 is 1.56 bits per heavy atom. The average Bonchev–Trinajstić information content (AvgIpc) is 2.64. The maximum atomic E-state index is 13.3. The van der Waals surface area contributed by atoms with E-state index in [0.29, 0.717) is 0 Å². The predicted octanol–water partition coefficient (Wildman–Crippen LogP) is 1.30. The fourth-order valence-electron chi connectivity index (χ4n) is 1.60. The zero-order valence-electron chi connectivity index (χ0n) is 8.38. The number of ether oxygens (including phenoxy) is 1. The fraction of sp³-hybridized carbons (Fsp3) is 0.200. The van der Waals surface area contributed by atoms with Gasteiger partial charge >= 0.3 is 5.97 Å². The monoisotopic (exact) mass is 226 g/mol. The molecule has 1 aromatic rings. The van der Waals surface area contributed by atoms with Gasteiger partial charge in [-0.25, -0.2) is 18.6 Å². The molecule has 0 atom stereocenters. The number of benzene rings is 1. The van der Waals surface area contributed by atoms with Crippen molar-refractivity contribution in [2.24, 2.45) is 10.7 Å². The lowest BCUT2D eigenvalue weighted by atomic mass is 10.0. The van der Waals surface area contributed by atoms with Crippen molar-refractivity contribution in [3.8, 4) is 0 Å². The molecule has 0 unspecified atom stereocenters. The SMILES string of the molecule is COC(=O)c1cc(F)c(F)c2c1CC(N)=N2. The fourth-order valence-corrected chi connectivity index (χ4v) is 1.60. The molecule has 16 heavy (non-hydrogen) atoms. The number of halogens is 2. The summed E-state index contributed by atoms with van der Waals surface area (Å²) in [5, 5.41) is 0. The molecule has 6 heteroatoms. The number of aliphatic imine (C=N–C) groups is 1. The highest BCUT2D eigenvalue weighted by atomic mass is 19.2. The zero-order valence-corrected chi connectivity index (χ0v) is 8.38. The average molecular weight is 226 g/mol. The van der Waals surface area contributed by atoms with Gasteiger partial charge in [0, 0.05) is 12.0 Å². The summed E-state index contributed by atoms with van der Waals surface area (Å²) >= 11 is 0. The first kappa shape index (κ1) is 10.5. The second-order valence-corrected chi connectivity index (χ2v) is 3.32. The molecule has 2 rings (SSSR count). The van der Waals surface area contributed by atoms with Crippen LogP contribution < -0.4 is 5.73 Å². The topological polar surface area (TPSA) is 64.7 Å². The molecular formula is C10H8F2N2O2. The number of hydrogen-bond acceptors (Lipinski definition) is 4. The molecule has 0 amide bonds. The van der Waals surface area contributed by atoms with Gasteiger partial charge in [0.2, 0.25) is 0 Å². The molecule has 1 heterocycles. The first-order valence-corrected chi connectivity index (χ1v) is 4.46. The van der Waals surface area contributed by atoms with E-state index in [4.69, 9.17) is 5.73 Å². The molecule has 0 fully saturated rings. The Labute approximate surface area is 89.7 Å². The number of rotatable bonds is 1. The molecule has 0 radical (unpaired) electrons. The van der Waals surface area contributed by atoms with E-state index in [-0.39, 0.29) is 29.1 Å². The summed E-state index contributed by atoms with van der Waals surface area (Å²) in [5.74, 6) is -2.83. The molecule has 0 spiro atoms. The van der Waals surface area contributed by atoms with Crippen molar-refractivity contribution in [2.45, 2.75) is 6.42 Å². The van der Waals surface area contributed by atoms with E-state index >= 15 is 0 Å². The second-order valence-electron chi connectivity index (χ2n) is 3.32. The smallest absolute Gasteiger partial charge is 0.338 e. The third kappa shape index (κ3) is 1.42. The summed E-state index contributed by atoms with van der Waals surface area (Å²) in [6.45, 7) is 0. The summed E-state index contributed by atoms with van der Waals surface area (Å²) in [7, 11) is 1.16. The van der Waals surface area contributed by atoms with E-state index in [2.05, 4.69) is 9.73 Å². The third-order valence-corrected chi connectivity index (χ3v) is 2.32. The molecule has 2 N–H and O–H groups in total. The zero-order chi connectivity index (χ0) is 11.9. The number of esters is 1. The van der Waals surface area contributed by atoms with E-state index in [0.717, 1.165) is 13.2 Å². The van der Waals surface area contributed by atoms with Crippen LogP contribution in [0.4, 0.5) is 14.5 Å². The Kier molecular flexibility index (Phi) is 2.34.